The summed E-state index contributed by atoms with van der Waals surface area (Å²) in [4.78, 5) is 0. The Bertz CT molecular complexity index is 344. The molecule has 14 heavy (non-hydrogen) atoms. The molecule has 0 bridgehead atoms. The molecule has 1 rings (SSSR count). The molecule has 0 saturated carbocycles. The summed E-state index contributed by atoms with van der Waals surface area (Å²) in [5.41, 5.74) is 0.632. The van der Waals surface area contributed by atoms with E-state index in [1.54, 1.807) is 6.07 Å². The van der Waals surface area contributed by atoms with Gasteiger partial charge in [0.15, 0.2) is 0 Å². The Kier molecular flexibility index (Phi) is 4.48. The number of halogens is 1. The number of ether oxygens (including phenoxy) is 1. The van der Waals surface area contributed by atoms with Gasteiger partial charge in [-0.15, -0.1) is 0 Å². The van der Waals surface area contributed by atoms with Crippen LogP contribution in [-0.4, -0.2) is 6.61 Å². The van der Waals surface area contributed by atoms with Crippen molar-refractivity contribution in [3.8, 4) is 11.8 Å². The highest BCUT2D eigenvalue weighted by atomic mass is 79.9. The lowest BCUT2D eigenvalue weighted by Gasteiger charge is -2.05. The van der Waals surface area contributed by atoms with Crippen LogP contribution in [0.4, 0.5) is 0 Å². The van der Waals surface area contributed by atoms with Crippen molar-refractivity contribution in [2.24, 2.45) is 0 Å². The molecule has 0 N–H and O–H groups in total. The molecule has 2 nitrogen and oxygen atoms in total. The molecule has 3 heteroatoms. The van der Waals surface area contributed by atoms with Crippen LogP contribution in [0, 0.1) is 11.3 Å². The Morgan fingerprint density at radius 3 is 2.86 bits per heavy atom. The van der Waals surface area contributed by atoms with Crippen LogP contribution in [0.25, 0.3) is 0 Å². The third-order valence-corrected chi connectivity index (χ3v) is 2.48. The molecule has 0 atom stereocenters. The topological polar surface area (TPSA) is 33.0 Å². The SMILES string of the molecule is CCCCOc1ccc(C#N)c(Br)c1. The van der Waals surface area contributed by atoms with Gasteiger partial charge >= 0.3 is 0 Å². The Hall–Kier alpha value is -1.01. The second-order valence-corrected chi connectivity index (χ2v) is 3.81. The molecule has 1 aromatic rings. The van der Waals surface area contributed by atoms with Crippen molar-refractivity contribution >= 4 is 15.9 Å². The first-order valence-corrected chi connectivity index (χ1v) is 5.39. The number of nitrogens with zero attached hydrogens (tertiary/aromatic N) is 1. The van der Waals surface area contributed by atoms with Crippen LogP contribution in [0.5, 0.6) is 5.75 Å². The lowest BCUT2D eigenvalue weighted by atomic mass is 10.2. The number of nitriles is 1. The van der Waals surface area contributed by atoms with E-state index < -0.39 is 0 Å². The van der Waals surface area contributed by atoms with Crippen molar-refractivity contribution < 1.29 is 4.74 Å². The molecule has 0 fully saturated rings. The van der Waals surface area contributed by atoms with Gasteiger partial charge in [0.25, 0.3) is 0 Å². The van der Waals surface area contributed by atoms with E-state index in [1.165, 1.54) is 0 Å². The summed E-state index contributed by atoms with van der Waals surface area (Å²) < 4.78 is 6.27. The fourth-order valence-corrected chi connectivity index (χ4v) is 1.46. The zero-order valence-electron chi connectivity index (χ0n) is 8.09. The van der Waals surface area contributed by atoms with Gasteiger partial charge in [0, 0.05) is 4.47 Å². The van der Waals surface area contributed by atoms with Crippen molar-refractivity contribution in [2.75, 3.05) is 6.61 Å². The predicted molar refractivity (Wildman–Crippen MR) is 59.3 cm³/mol. The van der Waals surface area contributed by atoms with Gasteiger partial charge in [-0.25, -0.2) is 0 Å². The molecule has 0 aliphatic heterocycles. The molecular formula is C11H12BrNO. The van der Waals surface area contributed by atoms with Crippen molar-refractivity contribution in [3.63, 3.8) is 0 Å². The smallest absolute Gasteiger partial charge is 0.120 e. The minimum absolute atomic E-state index is 0.632. The highest BCUT2D eigenvalue weighted by Crippen LogP contribution is 2.22. The molecule has 0 spiro atoms. The first-order chi connectivity index (χ1) is 6.77. The summed E-state index contributed by atoms with van der Waals surface area (Å²) in [6, 6.07) is 7.49. The lowest BCUT2D eigenvalue weighted by molar-refractivity contribution is 0.309. The summed E-state index contributed by atoms with van der Waals surface area (Å²) in [6.07, 6.45) is 2.18. The minimum Gasteiger partial charge on any atom is -0.494 e. The second kappa shape index (κ2) is 5.66. The monoisotopic (exact) mass is 253 g/mol. The van der Waals surface area contributed by atoms with Crippen LogP contribution in [-0.2, 0) is 0 Å². The molecule has 0 radical (unpaired) electrons. The molecule has 0 aliphatic carbocycles. The maximum Gasteiger partial charge on any atom is 0.120 e. The van der Waals surface area contributed by atoms with E-state index in [9.17, 15) is 0 Å². The van der Waals surface area contributed by atoms with Gasteiger partial charge in [0.2, 0.25) is 0 Å². The number of hydrogen-bond donors (Lipinski definition) is 0. The van der Waals surface area contributed by atoms with E-state index in [2.05, 4.69) is 28.9 Å². The largest absolute Gasteiger partial charge is 0.494 e. The van der Waals surface area contributed by atoms with E-state index in [0.717, 1.165) is 29.7 Å². The fraction of sp³-hybridized carbons (Fsp3) is 0.364. The minimum atomic E-state index is 0.632. The first-order valence-electron chi connectivity index (χ1n) is 4.60. The van der Waals surface area contributed by atoms with Crippen molar-refractivity contribution in [2.45, 2.75) is 19.8 Å². The summed E-state index contributed by atoms with van der Waals surface area (Å²) >= 11 is 3.31. The van der Waals surface area contributed by atoms with Crippen LogP contribution in [0.2, 0.25) is 0 Å². The summed E-state index contributed by atoms with van der Waals surface area (Å²) in [5, 5.41) is 8.70. The molecule has 0 heterocycles. The van der Waals surface area contributed by atoms with Crippen molar-refractivity contribution in [3.05, 3.63) is 28.2 Å². The fourth-order valence-electron chi connectivity index (χ4n) is 1.01. The quantitative estimate of drug-likeness (QED) is 0.770. The van der Waals surface area contributed by atoms with E-state index >= 15 is 0 Å². The van der Waals surface area contributed by atoms with Crippen LogP contribution in [0.1, 0.15) is 25.3 Å². The second-order valence-electron chi connectivity index (χ2n) is 2.96. The lowest BCUT2D eigenvalue weighted by Crippen LogP contribution is -1.96. The number of rotatable bonds is 4. The molecular weight excluding hydrogens is 242 g/mol. The average molecular weight is 254 g/mol. The third-order valence-electron chi connectivity index (χ3n) is 1.83. The zero-order valence-corrected chi connectivity index (χ0v) is 9.67. The Morgan fingerprint density at radius 1 is 1.50 bits per heavy atom. The van der Waals surface area contributed by atoms with E-state index in [-0.39, 0.29) is 0 Å². The van der Waals surface area contributed by atoms with Crippen molar-refractivity contribution in [1.82, 2.24) is 0 Å². The first kappa shape index (κ1) is 11.1. The van der Waals surface area contributed by atoms with Crippen molar-refractivity contribution in [1.29, 1.82) is 5.26 Å². The van der Waals surface area contributed by atoms with Crippen LogP contribution < -0.4 is 4.74 Å². The van der Waals surface area contributed by atoms with Crippen LogP contribution in [0.15, 0.2) is 22.7 Å². The van der Waals surface area contributed by atoms with Gasteiger partial charge < -0.3 is 4.74 Å². The van der Waals surface area contributed by atoms with Gasteiger partial charge in [0.05, 0.1) is 12.2 Å². The van der Waals surface area contributed by atoms with Gasteiger partial charge in [-0.2, -0.15) is 5.26 Å². The Balaban J connectivity index is 2.63. The molecule has 0 saturated heterocycles. The van der Waals surface area contributed by atoms with E-state index in [0.29, 0.717) is 5.56 Å². The van der Waals surface area contributed by atoms with Gasteiger partial charge in [-0.05, 0) is 40.5 Å². The summed E-state index contributed by atoms with van der Waals surface area (Å²) in [5.74, 6) is 0.810. The standard InChI is InChI=1S/C11H12BrNO/c1-2-3-6-14-10-5-4-9(8-13)11(12)7-10/h4-5,7H,2-3,6H2,1H3. The maximum absolute atomic E-state index is 8.70. The summed E-state index contributed by atoms with van der Waals surface area (Å²) in [6.45, 7) is 2.85. The number of hydrogen-bond acceptors (Lipinski definition) is 2. The molecule has 0 unspecified atom stereocenters. The van der Waals surface area contributed by atoms with Gasteiger partial charge in [-0.3, -0.25) is 0 Å². The molecule has 0 aromatic heterocycles. The van der Waals surface area contributed by atoms with Crippen LogP contribution in [0.3, 0.4) is 0 Å². The Morgan fingerprint density at radius 2 is 2.29 bits per heavy atom. The zero-order chi connectivity index (χ0) is 10.4. The highest BCUT2D eigenvalue weighted by molar-refractivity contribution is 9.10. The molecule has 1 aromatic carbocycles. The van der Waals surface area contributed by atoms with E-state index in [4.69, 9.17) is 10.00 Å². The number of benzene rings is 1. The number of unbranched alkanes of at least 4 members (excludes halogenated alkanes) is 1. The van der Waals surface area contributed by atoms with Crippen LogP contribution >= 0.6 is 15.9 Å². The molecule has 0 amide bonds. The maximum atomic E-state index is 8.70. The average Bonchev–Trinajstić information content (AvgIpc) is 2.18. The molecule has 74 valence electrons. The summed E-state index contributed by atoms with van der Waals surface area (Å²) in [7, 11) is 0. The third kappa shape index (κ3) is 3.04. The Labute approximate surface area is 92.6 Å². The predicted octanol–water partition coefficient (Wildman–Crippen LogP) is 3.50. The molecule has 0 aliphatic rings. The highest BCUT2D eigenvalue weighted by Gasteiger charge is 2.00. The normalized spacial score (nSPS) is 9.50. The van der Waals surface area contributed by atoms with E-state index in [1.807, 2.05) is 12.1 Å². The van der Waals surface area contributed by atoms with Gasteiger partial charge in [0.1, 0.15) is 11.8 Å². The van der Waals surface area contributed by atoms with Gasteiger partial charge in [-0.1, -0.05) is 13.3 Å².